The van der Waals surface area contributed by atoms with Gasteiger partial charge in [0.15, 0.2) is 6.04 Å². The number of hydrogen-bond acceptors (Lipinski definition) is 8. The molecule has 0 aliphatic heterocycles. The van der Waals surface area contributed by atoms with Crippen molar-refractivity contribution in [2.45, 2.75) is 116 Å². The second kappa shape index (κ2) is 24.7. The smallest absolute Gasteiger partial charge is 0.472 e. The van der Waals surface area contributed by atoms with Gasteiger partial charge in [-0.15, -0.1) is 0 Å². The highest BCUT2D eigenvalue weighted by Gasteiger charge is 2.28. The number of esters is 1. The summed E-state index contributed by atoms with van der Waals surface area (Å²) in [6.45, 7) is 1.86. The minimum absolute atomic E-state index is 0.104. The van der Waals surface area contributed by atoms with Crippen LogP contribution in [0.3, 0.4) is 0 Å². The first-order valence-corrected chi connectivity index (χ1v) is 15.9. The number of carboxylic acid groups (broad SMARTS) is 1. The second-order valence-corrected chi connectivity index (χ2v) is 11.0. The van der Waals surface area contributed by atoms with Crippen molar-refractivity contribution in [3.05, 3.63) is 24.3 Å². The lowest BCUT2D eigenvalue weighted by molar-refractivity contribution is -0.146. The van der Waals surface area contributed by atoms with Crippen molar-refractivity contribution in [3.8, 4) is 0 Å². The van der Waals surface area contributed by atoms with Crippen LogP contribution in [0.1, 0.15) is 104 Å². The van der Waals surface area contributed by atoms with E-state index in [0.29, 0.717) is 6.42 Å². The van der Waals surface area contributed by atoms with Crippen LogP contribution in [-0.2, 0) is 32.7 Å². The number of phosphoric acid groups is 1. The van der Waals surface area contributed by atoms with Crippen molar-refractivity contribution in [3.63, 3.8) is 0 Å². The van der Waals surface area contributed by atoms with Gasteiger partial charge in [-0.1, -0.05) is 76.7 Å². The quantitative estimate of drug-likeness (QED) is 0.0453. The van der Waals surface area contributed by atoms with Crippen LogP contribution in [0.5, 0.6) is 0 Å². The number of aliphatic hydroxyl groups excluding tert-OH is 1. The molecule has 0 aliphatic rings. The van der Waals surface area contributed by atoms with E-state index in [9.17, 15) is 34.1 Å². The lowest BCUT2D eigenvalue weighted by Crippen LogP contribution is -2.43. The van der Waals surface area contributed by atoms with Crippen LogP contribution in [0, 0.1) is 0 Å². The van der Waals surface area contributed by atoms with Crippen molar-refractivity contribution >= 4 is 25.7 Å². The number of amides is 1. The van der Waals surface area contributed by atoms with Gasteiger partial charge < -0.3 is 25.2 Å². The molecule has 3 unspecified atom stereocenters. The fourth-order valence-corrected chi connectivity index (χ4v) is 4.21. The van der Waals surface area contributed by atoms with Gasteiger partial charge in [0, 0.05) is 12.8 Å². The molecule has 0 aromatic heterocycles. The summed E-state index contributed by atoms with van der Waals surface area (Å²) >= 11 is 0. The van der Waals surface area contributed by atoms with E-state index >= 15 is 0 Å². The minimum atomic E-state index is -4.72. The van der Waals surface area contributed by atoms with Gasteiger partial charge in [0.1, 0.15) is 12.7 Å². The maximum absolute atomic E-state index is 12.1. The number of ether oxygens (including phenoxy) is 1. The first-order valence-electron chi connectivity index (χ1n) is 14.4. The van der Waals surface area contributed by atoms with Crippen molar-refractivity contribution in [1.29, 1.82) is 0 Å². The summed E-state index contributed by atoms with van der Waals surface area (Å²) in [6.07, 6.45) is 20.5. The molecule has 0 saturated carbocycles. The van der Waals surface area contributed by atoms with Gasteiger partial charge in [-0.3, -0.25) is 18.6 Å². The molecule has 0 aromatic rings. The third-order valence-electron chi connectivity index (χ3n) is 5.80. The van der Waals surface area contributed by atoms with Gasteiger partial charge in [-0.25, -0.2) is 9.36 Å². The molecular formula is C28H50NO10P. The number of carbonyl (C=O) groups is 3. The summed E-state index contributed by atoms with van der Waals surface area (Å²) in [5.41, 5.74) is 0. The van der Waals surface area contributed by atoms with Gasteiger partial charge in [0.25, 0.3) is 0 Å². The minimum Gasteiger partial charge on any atom is -0.480 e. The molecule has 0 aromatic carbocycles. The van der Waals surface area contributed by atoms with Crippen LogP contribution in [-0.4, -0.2) is 64.9 Å². The van der Waals surface area contributed by atoms with E-state index in [2.05, 4.69) is 50.3 Å². The van der Waals surface area contributed by atoms with Crippen LogP contribution in [0.4, 0.5) is 0 Å². The molecule has 0 heterocycles. The lowest BCUT2D eigenvalue weighted by atomic mass is 10.1. The van der Waals surface area contributed by atoms with Crippen LogP contribution in [0.2, 0.25) is 0 Å². The zero-order valence-corrected chi connectivity index (χ0v) is 25.0. The molecule has 40 heavy (non-hydrogen) atoms. The van der Waals surface area contributed by atoms with Crippen LogP contribution in [0.25, 0.3) is 0 Å². The predicted molar refractivity (Wildman–Crippen MR) is 153 cm³/mol. The molecule has 12 heteroatoms. The number of carboxylic acids is 1. The summed E-state index contributed by atoms with van der Waals surface area (Å²) in [6, 6.07) is -1.55. The van der Waals surface area contributed by atoms with Crippen molar-refractivity contribution in [1.82, 2.24) is 5.32 Å². The first-order chi connectivity index (χ1) is 19.1. The zero-order chi connectivity index (χ0) is 30.1. The van der Waals surface area contributed by atoms with Crippen molar-refractivity contribution < 1.29 is 47.8 Å². The Morgan fingerprint density at radius 1 is 0.825 bits per heavy atom. The summed E-state index contributed by atoms with van der Waals surface area (Å²) in [4.78, 5) is 44.3. The lowest BCUT2D eigenvalue weighted by Gasteiger charge is -2.18. The average Bonchev–Trinajstić information content (AvgIpc) is 2.92. The molecule has 0 fully saturated rings. The SMILES string of the molecule is CCCCCC/C=C\C/C=C\CCCCCCCC(=O)NC(COP(=O)(O)OCC(O)COC(=O)CC)C(=O)O. The highest BCUT2D eigenvalue weighted by molar-refractivity contribution is 7.47. The standard InChI is InChI=1S/C28H50NO10P/c1-3-5-6-7-8-9-10-11-12-13-14-15-16-17-18-19-20-26(31)29-25(28(33)34)23-39-40(35,36)38-22-24(30)21-37-27(32)4-2/h9-10,12-13,24-25,30H,3-8,11,14-23H2,1-2H3,(H,29,31)(H,33,34)(H,35,36)/b10-9-,13-12-. The molecular weight excluding hydrogens is 541 g/mol. The summed E-state index contributed by atoms with van der Waals surface area (Å²) < 4.78 is 25.9. The van der Waals surface area contributed by atoms with Gasteiger partial charge in [-0.2, -0.15) is 0 Å². The number of nitrogens with one attached hydrogen (secondary N) is 1. The highest BCUT2D eigenvalue weighted by atomic mass is 31.2. The topological polar surface area (TPSA) is 169 Å². The number of aliphatic carboxylic acids is 1. The Morgan fingerprint density at radius 3 is 2.00 bits per heavy atom. The number of hydrogen-bond donors (Lipinski definition) is 4. The van der Waals surface area contributed by atoms with E-state index < -0.39 is 57.6 Å². The number of rotatable bonds is 26. The molecule has 0 saturated heterocycles. The van der Waals surface area contributed by atoms with Crippen molar-refractivity contribution in [2.75, 3.05) is 19.8 Å². The molecule has 3 atom stereocenters. The second-order valence-electron chi connectivity index (χ2n) is 9.54. The third-order valence-corrected chi connectivity index (χ3v) is 6.75. The maximum atomic E-state index is 12.1. The molecule has 4 N–H and O–H groups in total. The molecule has 0 aliphatic carbocycles. The predicted octanol–water partition coefficient (Wildman–Crippen LogP) is 5.21. The molecule has 0 spiro atoms. The van der Waals surface area contributed by atoms with E-state index in [1.165, 1.54) is 25.7 Å². The Bertz CT molecular complexity index is 802. The van der Waals surface area contributed by atoms with E-state index in [1.807, 2.05) is 0 Å². The maximum Gasteiger partial charge on any atom is 0.472 e. The number of unbranched alkanes of at least 4 members (excludes halogenated alkanes) is 9. The van der Waals surface area contributed by atoms with E-state index in [0.717, 1.165) is 44.9 Å². The zero-order valence-electron chi connectivity index (χ0n) is 24.1. The van der Waals surface area contributed by atoms with E-state index in [1.54, 1.807) is 6.92 Å². The molecule has 0 radical (unpaired) electrons. The fourth-order valence-electron chi connectivity index (χ4n) is 3.44. The number of allylic oxidation sites excluding steroid dienone is 4. The Kier molecular flexibility index (Phi) is 23.5. The van der Waals surface area contributed by atoms with Gasteiger partial charge in [0.05, 0.1) is 13.2 Å². The monoisotopic (exact) mass is 591 g/mol. The Morgan fingerprint density at radius 2 is 1.40 bits per heavy atom. The Hall–Kier alpha value is -2.04. The Labute approximate surface area is 239 Å². The molecule has 1 amide bonds. The molecule has 11 nitrogen and oxygen atoms in total. The Balaban J connectivity index is 4.00. The largest absolute Gasteiger partial charge is 0.480 e. The summed E-state index contributed by atoms with van der Waals surface area (Å²) in [5.74, 6) is -2.49. The molecule has 0 rings (SSSR count). The number of phosphoric ester groups is 1. The normalized spacial score (nSPS) is 14.7. The highest BCUT2D eigenvalue weighted by Crippen LogP contribution is 2.43. The van der Waals surface area contributed by atoms with Gasteiger partial charge >= 0.3 is 19.8 Å². The van der Waals surface area contributed by atoms with E-state index in [-0.39, 0.29) is 12.8 Å². The van der Waals surface area contributed by atoms with Crippen molar-refractivity contribution in [2.24, 2.45) is 0 Å². The summed E-state index contributed by atoms with van der Waals surface area (Å²) in [5, 5.41) is 21.2. The van der Waals surface area contributed by atoms with Gasteiger partial charge in [0.2, 0.25) is 5.91 Å². The third kappa shape index (κ3) is 23.8. The summed E-state index contributed by atoms with van der Waals surface area (Å²) in [7, 11) is -4.72. The van der Waals surface area contributed by atoms with Crippen LogP contribution < -0.4 is 5.32 Å². The average molecular weight is 592 g/mol. The van der Waals surface area contributed by atoms with Crippen LogP contribution in [0.15, 0.2) is 24.3 Å². The van der Waals surface area contributed by atoms with Gasteiger partial charge in [-0.05, 0) is 38.5 Å². The number of carbonyl (C=O) groups excluding carboxylic acids is 2. The first kappa shape index (κ1) is 38.0. The number of aliphatic hydroxyl groups is 1. The fraction of sp³-hybridized carbons (Fsp3) is 0.750. The molecule has 232 valence electrons. The molecule has 0 bridgehead atoms. The van der Waals surface area contributed by atoms with E-state index in [4.69, 9.17) is 0 Å². The van der Waals surface area contributed by atoms with Crippen LogP contribution >= 0.6 is 7.82 Å².